The Balaban J connectivity index is 2.65. The van der Waals surface area contributed by atoms with Crippen molar-refractivity contribution in [3.63, 3.8) is 0 Å². The van der Waals surface area contributed by atoms with Crippen LogP contribution in [0.15, 0.2) is 24.3 Å². The van der Waals surface area contributed by atoms with Gasteiger partial charge in [0.25, 0.3) is 5.78 Å². The van der Waals surface area contributed by atoms with Crippen LogP contribution in [-0.2, 0) is 4.79 Å². The summed E-state index contributed by atoms with van der Waals surface area (Å²) in [6.07, 6.45) is 0. The molecule has 0 amide bonds. The lowest BCUT2D eigenvalue weighted by molar-refractivity contribution is -0.490. The predicted molar refractivity (Wildman–Crippen MR) is 50.9 cm³/mol. The Morgan fingerprint density at radius 3 is 2.12 bits per heavy atom. The van der Waals surface area contributed by atoms with E-state index in [1.165, 1.54) is 24.3 Å². The lowest BCUT2D eigenvalue weighted by atomic mass is 9.85. The minimum atomic E-state index is -2.08. The smallest absolute Gasteiger partial charge is 0.286 e. The fraction of sp³-hybridized carbons (Fsp3) is 0.100. The Hall–Kier alpha value is -2.37. The minimum absolute atomic E-state index is 0.0596. The van der Waals surface area contributed by atoms with E-state index in [-0.39, 0.29) is 11.1 Å². The van der Waals surface area contributed by atoms with Crippen LogP contribution >= 0.6 is 0 Å². The lowest BCUT2D eigenvalue weighted by Gasteiger charge is -2.14. The SMILES string of the molecule is O=C1C(=O)[C@H]([N+](=O)[O-])C(=O)c2ccccc21. The summed E-state index contributed by atoms with van der Waals surface area (Å²) in [5, 5.41) is 10.5. The Morgan fingerprint density at radius 2 is 1.56 bits per heavy atom. The van der Waals surface area contributed by atoms with E-state index < -0.39 is 28.3 Å². The molecule has 6 nitrogen and oxygen atoms in total. The van der Waals surface area contributed by atoms with Crippen molar-refractivity contribution in [1.82, 2.24) is 0 Å². The fourth-order valence-electron chi connectivity index (χ4n) is 1.61. The first-order valence-electron chi connectivity index (χ1n) is 4.39. The van der Waals surface area contributed by atoms with Gasteiger partial charge in [0.05, 0.1) is 0 Å². The van der Waals surface area contributed by atoms with Crippen molar-refractivity contribution < 1.29 is 19.3 Å². The number of hydrogen-bond acceptors (Lipinski definition) is 5. The van der Waals surface area contributed by atoms with Gasteiger partial charge < -0.3 is 0 Å². The van der Waals surface area contributed by atoms with E-state index in [0.717, 1.165) is 0 Å². The highest BCUT2D eigenvalue weighted by Crippen LogP contribution is 2.20. The van der Waals surface area contributed by atoms with Gasteiger partial charge in [0.1, 0.15) is 0 Å². The van der Waals surface area contributed by atoms with Crippen molar-refractivity contribution in [1.29, 1.82) is 0 Å². The molecule has 0 radical (unpaired) electrons. The van der Waals surface area contributed by atoms with Crippen LogP contribution in [0.2, 0.25) is 0 Å². The molecule has 0 saturated heterocycles. The molecule has 0 aromatic heterocycles. The summed E-state index contributed by atoms with van der Waals surface area (Å²) in [5.74, 6) is -3.17. The summed E-state index contributed by atoms with van der Waals surface area (Å²) >= 11 is 0. The second-order valence-electron chi connectivity index (χ2n) is 3.29. The maximum Gasteiger partial charge on any atom is 0.339 e. The highest BCUT2D eigenvalue weighted by Gasteiger charge is 2.48. The van der Waals surface area contributed by atoms with Crippen molar-refractivity contribution in [2.75, 3.05) is 0 Å². The van der Waals surface area contributed by atoms with Crippen LogP contribution < -0.4 is 0 Å². The second kappa shape index (κ2) is 3.34. The predicted octanol–water partition coefficient (Wildman–Crippen LogP) is 0.280. The monoisotopic (exact) mass is 219 g/mol. The van der Waals surface area contributed by atoms with Gasteiger partial charge in [-0.3, -0.25) is 24.5 Å². The standard InChI is InChI=1S/C10H5NO5/c12-8-5-3-1-2-4-6(5)9(13)10(14)7(8)11(15)16/h1-4,7H/t7-/m1/s1. The first-order valence-corrected chi connectivity index (χ1v) is 4.39. The third-order valence-electron chi connectivity index (χ3n) is 2.37. The molecule has 1 aliphatic rings. The zero-order chi connectivity index (χ0) is 11.9. The topological polar surface area (TPSA) is 94.3 Å². The molecule has 1 aromatic rings. The van der Waals surface area contributed by atoms with Crippen molar-refractivity contribution >= 4 is 17.3 Å². The molecular weight excluding hydrogens is 214 g/mol. The molecule has 0 heterocycles. The summed E-state index contributed by atoms with van der Waals surface area (Å²) in [5.41, 5.74) is -0.121. The van der Waals surface area contributed by atoms with Gasteiger partial charge >= 0.3 is 6.04 Å². The molecule has 0 aliphatic heterocycles. The molecule has 0 N–H and O–H groups in total. The average molecular weight is 219 g/mol. The van der Waals surface area contributed by atoms with E-state index in [0.29, 0.717) is 0 Å². The van der Waals surface area contributed by atoms with E-state index in [4.69, 9.17) is 0 Å². The van der Waals surface area contributed by atoms with E-state index in [1.54, 1.807) is 0 Å². The van der Waals surface area contributed by atoms with Crippen LogP contribution in [-0.4, -0.2) is 28.3 Å². The zero-order valence-corrected chi connectivity index (χ0v) is 7.88. The van der Waals surface area contributed by atoms with E-state index in [1.807, 2.05) is 0 Å². The quantitative estimate of drug-likeness (QED) is 0.292. The van der Waals surface area contributed by atoms with Crippen LogP contribution in [0.1, 0.15) is 20.7 Å². The van der Waals surface area contributed by atoms with Gasteiger partial charge in [-0.25, -0.2) is 0 Å². The minimum Gasteiger partial charge on any atom is -0.286 e. The number of Topliss-reactive ketones (excluding diaryl/α,β-unsaturated/α-hetero) is 3. The highest BCUT2D eigenvalue weighted by molar-refractivity contribution is 6.52. The van der Waals surface area contributed by atoms with Gasteiger partial charge in [0.15, 0.2) is 0 Å². The van der Waals surface area contributed by atoms with Gasteiger partial charge in [-0.05, 0) is 0 Å². The Bertz CT molecular complexity index is 534. The number of rotatable bonds is 1. The Morgan fingerprint density at radius 1 is 1.00 bits per heavy atom. The van der Waals surface area contributed by atoms with Crippen LogP contribution in [0.4, 0.5) is 0 Å². The lowest BCUT2D eigenvalue weighted by Crippen LogP contribution is -2.46. The second-order valence-corrected chi connectivity index (χ2v) is 3.29. The molecule has 0 fully saturated rings. The van der Waals surface area contributed by atoms with Crippen molar-refractivity contribution in [3.05, 3.63) is 45.5 Å². The summed E-state index contributed by atoms with van der Waals surface area (Å²) < 4.78 is 0. The molecule has 1 aliphatic carbocycles. The van der Waals surface area contributed by atoms with Crippen LogP contribution in [0, 0.1) is 10.1 Å². The summed E-state index contributed by atoms with van der Waals surface area (Å²) in [6, 6.07) is 3.50. The number of hydrogen-bond donors (Lipinski definition) is 0. The number of ketones is 3. The van der Waals surface area contributed by atoms with Gasteiger partial charge in [0.2, 0.25) is 11.6 Å². The molecule has 1 aromatic carbocycles. The molecule has 6 heteroatoms. The molecule has 1 atom stereocenters. The molecular formula is C10H5NO5. The van der Waals surface area contributed by atoms with Crippen LogP contribution in [0.3, 0.4) is 0 Å². The summed E-state index contributed by atoms with van der Waals surface area (Å²) in [7, 11) is 0. The maximum absolute atomic E-state index is 11.6. The van der Waals surface area contributed by atoms with Crippen molar-refractivity contribution in [2.24, 2.45) is 0 Å². The van der Waals surface area contributed by atoms with Crippen molar-refractivity contribution in [2.45, 2.75) is 6.04 Å². The van der Waals surface area contributed by atoms with Gasteiger partial charge in [-0.15, -0.1) is 0 Å². The largest absolute Gasteiger partial charge is 0.339 e. The molecule has 16 heavy (non-hydrogen) atoms. The maximum atomic E-state index is 11.6. The number of nitrogens with zero attached hydrogens (tertiary/aromatic N) is 1. The first-order chi connectivity index (χ1) is 7.54. The number of fused-ring (bicyclic) bond motifs is 1. The number of carbonyl (C=O) groups is 3. The molecule has 2 rings (SSSR count). The summed E-state index contributed by atoms with van der Waals surface area (Å²) in [4.78, 5) is 43.9. The van der Waals surface area contributed by atoms with Crippen molar-refractivity contribution in [3.8, 4) is 0 Å². The van der Waals surface area contributed by atoms with Crippen LogP contribution in [0.25, 0.3) is 0 Å². The average Bonchev–Trinajstić information content (AvgIpc) is 2.26. The van der Waals surface area contributed by atoms with Gasteiger partial charge in [-0.1, -0.05) is 24.3 Å². The molecule has 0 saturated carbocycles. The van der Waals surface area contributed by atoms with Gasteiger partial charge in [-0.2, -0.15) is 0 Å². The Kier molecular flexibility index (Phi) is 2.12. The van der Waals surface area contributed by atoms with Gasteiger partial charge in [0, 0.05) is 16.1 Å². The molecule has 0 unspecified atom stereocenters. The third kappa shape index (κ3) is 1.23. The summed E-state index contributed by atoms with van der Waals surface area (Å²) in [6.45, 7) is 0. The zero-order valence-electron chi connectivity index (χ0n) is 7.88. The highest BCUT2D eigenvalue weighted by atomic mass is 16.6. The van der Waals surface area contributed by atoms with E-state index in [9.17, 15) is 24.5 Å². The first kappa shape index (κ1) is 10.2. The molecule has 0 bridgehead atoms. The van der Waals surface area contributed by atoms with E-state index >= 15 is 0 Å². The molecule has 0 spiro atoms. The normalized spacial score (nSPS) is 19.5. The molecule has 80 valence electrons. The number of nitro groups is 1. The Labute approximate surface area is 89.0 Å². The van der Waals surface area contributed by atoms with E-state index in [2.05, 4.69) is 0 Å². The van der Waals surface area contributed by atoms with Crippen LogP contribution in [0.5, 0.6) is 0 Å². The third-order valence-corrected chi connectivity index (χ3v) is 2.37. The number of benzene rings is 1. The fourth-order valence-corrected chi connectivity index (χ4v) is 1.61. The number of carbonyl (C=O) groups excluding carboxylic acids is 3.